The van der Waals surface area contributed by atoms with Crippen LogP contribution in [-0.4, -0.2) is 24.3 Å². The first-order valence-corrected chi connectivity index (χ1v) is 8.86. The molecule has 0 radical (unpaired) electrons. The maximum atomic E-state index is 12.2. The van der Waals surface area contributed by atoms with Crippen molar-refractivity contribution in [1.29, 1.82) is 0 Å². The third-order valence-electron chi connectivity index (χ3n) is 3.90. The monoisotopic (exact) mass is 387 g/mol. The number of benzene rings is 2. The lowest BCUT2D eigenvalue weighted by atomic mass is 10.2. The molecule has 3 amide bonds. The molecule has 0 aromatic heterocycles. The third-order valence-corrected chi connectivity index (χ3v) is 4.30. The van der Waals surface area contributed by atoms with Crippen molar-refractivity contribution in [3.63, 3.8) is 0 Å². The summed E-state index contributed by atoms with van der Waals surface area (Å²) in [6.07, 6.45) is 0.137. The largest absolute Gasteiger partial charge is 0.326 e. The molecule has 0 saturated heterocycles. The van der Waals surface area contributed by atoms with Crippen LogP contribution in [0, 0.1) is 6.92 Å². The van der Waals surface area contributed by atoms with Crippen LogP contribution in [-0.2, 0) is 14.4 Å². The minimum absolute atomic E-state index is 0.137. The molecule has 6 nitrogen and oxygen atoms in total. The van der Waals surface area contributed by atoms with Crippen LogP contribution in [0.5, 0.6) is 0 Å². The van der Waals surface area contributed by atoms with E-state index in [2.05, 4.69) is 10.6 Å². The van der Waals surface area contributed by atoms with Crippen molar-refractivity contribution in [2.24, 2.45) is 0 Å². The van der Waals surface area contributed by atoms with Gasteiger partial charge in [-0.1, -0.05) is 17.7 Å². The Balaban J connectivity index is 1.99. The van der Waals surface area contributed by atoms with Crippen LogP contribution < -0.4 is 15.5 Å². The predicted molar refractivity (Wildman–Crippen MR) is 108 cm³/mol. The van der Waals surface area contributed by atoms with Gasteiger partial charge in [-0.3, -0.25) is 14.4 Å². The zero-order valence-electron chi connectivity index (χ0n) is 15.5. The van der Waals surface area contributed by atoms with Crippen LogP contribution in [0.2, 0.25) is 5.02 Å². The second-order valence-electron chi connectivity index (χ2n) is 6.16. The maximum absolute atomic E-state index is 12.2. The average molecular weight is 388 g/mol. The quantitative estimate of drug-likeness (QED) is 0.786. The predicted octanol–water partition coefficient (Wildman–Crippen LogP) is 3.99. The van der Waals surface area contributed by atoms with Gasteiger partial charge in [-0.25, -0.2) is 0 Å². The number of hydrogen-bond donors (Lipinski definition) is 2. The molecule has 2 aromatic rings. The molecule has 7 heteroatoms. The zero-order valence-corrected chi connectivity index (χ0v) is 16.3. The van der Waals surface area contributed by atoms with Crippen LogP contribution >= 0.6 is 11.6 Å². The molecule has 2 N–H and O–H groups in total. The van der Waals surface area contributed by atoms with Gasteiger partial charge in [-0.15, -0.1) is 0 Å². The molecule has 0 fully saturated rings. The second-order valence-corrected chi connectivity index (χ2v) is 6.57. The first kappa shape index (κ1) is 20.5. The molecule has 0 aliphatic rings. The Hall–Kier alpha value is -2.86. The standard InChI is InChI=1S/C20H22ClN3O3/c1-13-4-5-17(12-19(13)21)23-20(27)10-11-24(15(3)26)18-8-6-16(7-9-18)22-14(2)25/h4-9,12H,10-11H2,1-3H3,(H,22,25)(H,23,27). The lowest BCUT2D eigenvalue weighted by molar-refractivity contribution is -0.117. The van der Waals surface area contributed by atoms with Crippen molar-refractivity contribution in [3.05, 3.63) is 53.1 Å². The smallest absolute Gasteiger partial charge is 0.226 e. The highest BCUT2D eigenvalue weighted by Gasteiger charge is 2.14. The average Bonchev–Trinajstić information content (AvgIpc) is 2.59. The molecule has 0 atom stereocenters. The van der Waals surface area contributed by atoms with E-state index < -0.39 is 0 Å². The minimum atomic E-state index is -0.212. The zero-order chi connectivity index (χ0) is 20.0. The van der Waals surface area contributed by atoms with Gasteiger partial charge >= 0.3 is 0 Å². The van der Waals surface area contributed by atoms with Gasteiger partial charge in [0.1, 0.15) is 0 Å². The maximum Gasteiger partial charge on any atom is 0.226 e. The second kappa shape index (κ2) is 9.19. The number of carbonyl (C=O) groups excluding carboxylic acids is 3. The molecule has 0 aliphatic heterocycles. The number of amides is 3. The molecule has 142 valence electrons. The van der Waals surface area contributed by atoms with Crippen LogP contribution in [0.25, 0.3) is 0 Å². The molecule has 0 saturated carbocycles. The Morgan fingerprint density at radius 1 is 0.963 bits per heavy atom. The van der Waals surface area contributed by atoms with Crippen molar-refractivity contribution in [3.8, 4) is 0 Å². The lowest BCUT2D eigenvalue weighted by Gasteiger charge is -2.21. The highest BCUT2D eigenvalue weighted by molar-refractivity contribution is 6.31. The number of anilines is 3. The first-order valence-electron chi connectivity index (χ1n) is 8.48. The van der Waals surface area contributed by atoms with Gasteiger partial charge in [0.05, 0.1) is 0 Å². The van der Waals surface area contributed by atoms with E-state index in [9.17, 15) is 14.4 Å². The van der Waals surface area contributed by atoms with Gasteiger partial charge in [-0.2, -0.15) is 0 Å². The van der Waals surface area contributed by atoms with Crippen molar-refractivity contribution in [2.75, 3.05) is 22.1 Å². The Labute approximate surface area is 163 Å². The van der Waals surface area contributed by atoms with Crippen molar-refractivity contribution >= 4 is 46.4 Å². The van der Waals surface area contributed by atoms with E-state index >= 15 is 0 Å². The highest BCUT2D eigenvalue weighted by Crippen LogP contribution is 2.21. The topological polar surface area (TPSA) is 78.5 Å². The molecule has 2 aromatic carbocycles. The summed E-state index contributed by atoms with van der Waals surface area (Å²) in [5.74, 6) is -0.552. The Kier molecular flexibility index (Phi) is 6.96. The normalized spacial score (nSPS) is 10.2. The summed E-state index contributed by atoms with van der Waals surface area (Å²) >= 11 is 6.06. The summed E-state index contributed by atoms with van der Waals surface area (Å²) in [7, 11) is 0. The van der Waals surface area contributed by atoms with Crippen molar-refractivity contribution < 1.29 is 14.4 Å². The summed E-state index contributed by atoms with van der Waals surface area (Å²) in [6, 6.07) is 12.2. The van der Waals surface area contributed by atoms with Crippen molar-refractivity contribution in [1.82, 2.24) is 0 Å². The van der Waals surface area contributed by atoms with Gasteiger partial charge in [0.2, 0.25) is 17.7 Å². The Bertz CT molecular complexity index is 850. The number of rotatable bonds is 6. The molecule has 0 bridgehead atoms. The number of halogens is 1. The van der Waals surface area contributed by atoms with Gasteiger partial charge in [0.25, 0.3) is 0 Å². The Morgan fingerprint density at radius 3 is 2.15 bits per heavy atom. The SMILES string of the molecule is CC(=O)Nc1ccc(N(CCC(=O)Nc2ccc(C)c(Cl)c2)C(C)=O)cc1. The molecular weight excluding hydrogens is 366 g/mol. The number of nitrogens with zero attached hydrogens (tertiary/aromatic N) is 1. The summed E-state index contributed by atoms with van der Waals surface area (Å²) in [4.78, 5) is 36.8. The third kappa shape index (κ3) is 6.11. The van der Waals surface area contributed by atoms with E-state index in [-0.39, 0.29) is 30.7 Å². The van der Waals surface area contributed by atoms with E-state index in [1.807, 2.05) is 13.0 Å². The van der Waals surface area contributed by atoms with Gasteiger partial charge in [-0.05, 0) is 48.9 Å². The van der Waals surface area contributed by atoms with E-state index in [4.69, 9.17) is 11.6 Å². The molecular formula is C20H22ClN3O3. The molecule has 2 rings (SSSR count). The van der Waals surface area contributed by atoms with Crippen LogP contribution in [0.1, 0.15) is 25.8 Å². The fraction of sp³-hybridized carbons (Fsp3) is 0.250. The van der Waals surface area contributed by atoms with Crippen molar-refractivity contribution in [2.45, 2.75) is 27.2 Å². The van der Waals surface area contributed by atoms with E-state index in [0.29, 0.717) is 22.1 Å². The summed E-state index contributed by atoms with van der Waals surface area (Å²) < 4.78 is 0. The molecule has 0 spiro atoms. The van der Waals surface area contributed by atoms with Gasteiger partial charge in [0.15, 0.2) is 0 Å². The lowest BCUT2D eigenvalue weighted by Crippen LogP contribution is -2.31. The number of aryl methyl sites for hydroxylation is 1. The molecule has 0 heterocycles. The Morgan fingerprint density at radius 2 is 1.59 bits per heavy atom. The number of carbonyl (C=O) groups is 3. The molecule has 0 aliphatic carbocycles. The van der Waals surface area contributed by atoms with E-state index in [1.165, 1.54) is 18.7 Å². The molecule has 27 heavy (non-hydrogen) atoms. The van der Waals surface area contributed by atoms with Crippen LogP contribution in [0.15, 0.2) is 42.5 Å². The minimum Gasteiger partial charge on any atom is -0.326 e. The number of hydrogen-bond acceptors (Lipinski definition) is 3. The van der Waals surface area contributed by atoms with E-state index in [1.54, 1.807) is 36.4 Å². The van der Waals surface area contributed by atoms with Crippen LogP contribution in [0.4, 0.5) is 17.1 Å². The summed E-state index contributed by atoms with van der Waals surface area (Å²) in [6.45, 7) is 4.99. The first-order chi connectivity index (χ1) is 12.8. The highest BCUT2D eigenvalue weighted by atomic mass is 35.5. The summed E-state index contributed by atoms with van der Waals surface area (Å²) in [5.41, 5.74) is 2.84. The van der Waals surface area contributed by atoms with E-state index in [0.717, 1.165) is 5.56 Å². The molecule has 0 unspecified atom stereocenters. The fourth-order valence-corrected chi connectivity index (χ4v) is 2.68. The summed E-state index contributed by atoms with van der Waals surface area (Å²) in [5, 5.41) is 6.03. The van der Waals surface area contributed by atoms with Gasteiger partial charge in [0, 0.05) is 48.9 Å². The number of nitrogens with one attached hydrogen (secondary N) is 2. The van der Waals surface area contributed by atoms with Crippen LogP contribution in [0.3, 0.4) is 0 Å². The fourth-order valence-electron chi connectivity index (χ4n) is 2.50. The van der Waals surface area contributed by atoms with Gasteiger partial charge < -0.3 is 15.5 Å².